The van der Waals surface area contributed by atoms with Gasteiger partial charge in [-0.2, -0.15) is 11.8 Å². The molecule has 3 rings (SSSR count). The van der Waals surface area contributed by atoms with Crippen LogP contribution in [-0.4, -0.2) is 22.1 Å². The van der Waals surface area contributed by atoms with Crippen molar-refractivity contribution in [2.24, 2.45) is 0 Å². The predicted molar refractivity (Wildman–Crippen MR) is 89.4 cm³/mol. The molecular formula is C17H24N2S. The van der Waals surface area contributed by atoms with Crippen LogP contribution in [0.25, 0.3) is 10.9 Å². The minimum Gasteiger partial charge on any atom is -0.347 e. The van der Waals surface area contributed by atoms with E-state index >= 15 is 0 Å². The van der Waals surface area contributed by atoms with Crippen molar-refractivity contribution in [1.82, 2.24) is 9.88 Å². The van der Waals surface area contributed by atoms with Gasteiger partial charge >= 0.3 is 0 Å². The number of nitrogens with zero attached hydrogens (tertiary/aromatic N) is 1. The first kappa shape index (κ1) is 14.0. The molecule has 0 atom stereocenters. The summed E-state index contributed by atoms with van der Waals surface area (Å²) in [5.41, 5.74) is 2.84. The van der Waals surface area contributed by atoms with Gasteiger partial charge in [-0.1, -0.05) is 25.1 Å². The van der Waals surface area contributed by atoms with Crippen LogP contribution in [0.4, 0.5) is 0 Å². The summed E-state index contributed by atoms with van der Waals surface area (Å²) in [6.07, 6.45) is 6.32. The lowest BCUT2D eigenvalue weighted by Gasteiger charge is -2.04. The second-order valence-corrected chi connectivity index (χ2v) is 6.96. The molecule has 1 aliphatic rings. The fourth-order valence-corrected chi connectivity index (χ4v) is 3.29. The number of thioether (sulfide) groups is 1. The van der Waals surface area contributed by atoms with Gasteiger partial charge < -0.3 is 9.88 Å². The van der Waals surface area contributed by atoms with E-state index in [9.17, 15) is 0 Å². The van der Waals surface area contributed by atoms with Crippen molar-refractivity contribution in [2.45, 2.75) is 45.3 Å². The van der Waals surface area contributed by atoms with Gasteiger partial charge in [-0.25, -0.2) is 0 Å². The van der Waals surface area contributed by atoms with E-state index < -0.39 is 0 Å². The smallest absolute Gasteiger partial charge is 0.0483 e. The van der Waals surface area contributed by atoms with Gasteiger partial charge in [-0.15, -0.1) is 0 Å². The van der Waals surface area contributed by atoms with Crippen molar-refractivity contribution in [3.8, 4) is 0 Å². The summed E-state index contributed by atoms with van der Waals surface area (Å²) in [4.78, 5) is 0. The molecule has 0 amide bonds. The summed E-state index contributed by atoms with van der Waals surface area (Å²) >= 11 is 2.04. The van der Waals surface area contributed by atoms with Crippen LogP contribution in [0.5, 0.6) is 0 Å². The van der Waals surface area contributed by atoms with E-state index in [-0.39, 0.29) is 0 Å². The molecule has 0 aliphatic heterocycles. The zero-order chi connectivity index (χ0) is 13.8. The van der Waals surface area contributed by atoms with Crippen LogP contribution in [0.1, 0.15) is 31.7 Å². The van der Waals surface area contributed by atoms with Crippen LogP contribution in [0.15, 0.2) is 30.5 Å². The van der Waals surface area contributed by atoms with Gasteiger partial charge in [0.05, 0.1) is 0 Å². The summed E-state index contributed by atoms with van der Waals surface area (Å²) in [7, 11) is 0. The topological polar surface area (TPSA) is 17.0 Å². The van der Waals surface area contributed by atoms with Gasteiger partial charge in [-0.05, 0) is 42.4 Å². The first-order valence-corrected chi connectivity index (χ1v) is 8.92. The number of aromatic nitrogens is 1. The number of hydrogen-bond acceptors (Lipinski definition) is 2. The Morgan fingerprint density at radius 3 is 2.95 bits per heavy atom. The van der Waals surface area contributed by atoms with Crippen molar-refractivity contribution >= 4 is 22.7 Å². The molecule has 20 heavy (non-hydrogen) atoms. The number of aryl methyl sites for hydroxylation is 1. The molecule has 2 aromatic rings. The normalized spacial score (nSPS) is 15.1. The molecule has 1 fully saturated rings. The van der Waals surface area contributed by atoms with Crippen molar-refractivity contribution in [2.75, 3.05) is 11.5 Å². The highest BCUT2D eigenvalue weighted by Gasteiger charge is 2.20. The van der Waals surface area contributed by atoms with Crippen LogP contribution < -0.4 is 5.32 Å². The number of fused-ring (bicyclic) bond motifs is 1. The van der Waals surface area contributed by atoms with Crippen molar-refractivity contribution in [3.05, 3.63) is 36.0 Å². The standard InChI is InChI=1S/C17H24N2S/c1-2-20-11-5-10-19-13-14(12-18-15-8-9-15)16-6-3-4-7-17(16)19/h3-4,6-7,13,15,18H,2,5,8-12H2,1H3. The molecule has 0 bridgehead atoms. The van der Waals surface area contributed by atoms with Crippen LogP contribution in [0, 0.1) is 0 Å². The maximum absolute atomic E-state index is 3.64. The Balaban J connectivity index is 1.72. The van der Waals surface area contributed by atoms with E-state index in [1.54, 1.807) is 0 Å². The van der Waals surface area contributed by atoms with E-state index in [1.165, 1.54) is 47.2 Å². The van der Waals surface area contributed by atoms with E-state index in [1.807, 2.05) is 11.8 Å². The lowest BCUT2D eigenvalue weighted by molar-refractivity contribution is 0.676. The fourth-order valence-electron chi connectivity index (χ4n) is 2.67. The highest BCUT2D eigenvalue weighted by molar-refractivity contribution is 7.99. The van der Waals surface area contributed by atoms with E-state index in [2.05, 4.69) is 47.3 Å². The zero-order valence-corrected chi connectivity index (χ0v) is 13.1. The summed E-state index contributed by atoms with van der Waals surface area (Å²) in [5, 5.41) is 5.06. The maximum atomic E-state index is 3.64. The van der Waals surface area contributed by atoms with E-state index in [0.717, 1.165) is 19.1 Å². The Kier molecular flexibility index (Phi) is 4.69. The molecular weight excluding hydrogens is 264 g/mol. The number of benzene rings is 1. The molecule has 0 unspecified atom stereocenters. The van der Waals surface area contributed by atoms with E-state index in [4.69, 9.17) is 0 Å². The minimum absolute atomic E-state index is 0.776. The monoisotopic (exact) mass is 288 g/mol. The van der Waals surface area contributed by atoms with E-state index in [0.29, 0.717) is 0 Å². The molecule has 1 heterocycles. The third-order valence-electron chi connectivity index (χ3n) is 3.92. The SMILES string of the molecule is CCSCCCn1cc(CNC2CC2)c2ccccc21. The number of rotatable bonds is 8. The largest absolute Gasteiger partial charge is 0.347 e. The minimum atomic E-state index is 0.776. The second kappa shape index (κ2) is 6.68. The molecule has 0 spiro atoms. The van der Waals surface area contributed by atoms with Gasteiger partial charge in [-0.3, -0.25) is 0 Å². The lowest BCUT2D eigenvalue weighted by atomic mass is 10.2. The van der Waals surface area contributed by atoms with Gasteiger partial charge in [0.15, 0.2) is 0 Å². The van der Waals surface area contributed by atoms with Crippen molar-refractivity contribution < 1.29 is 0 Å². The Hall–Kier alpha value is -0.930. The Morgan fingerprint density at radius 2 is 2.15 bits per heavy atom. The summed E-state index contributed by atoms with van der Waals surface area (Å²) in [5.74, 6) is 2.49. The molecule has 108 valence electrons. The average Bonchev–Trinajstić information content (AvgIpc) is 3.24. The molecule has 1 aromatic carbocycles. The first-order chi connectivity index (χ1) is 9.88. The van der Waals surface area contributed by atoms with Crippen LogP contribution in [-0.2, 0) is 13.1 Å². The van der Waals surface area contributed by atoms with Crippen LogP contribution in [0.2, 0.25) is 0 Å². The van der Waals surface area contributed by atoms with Gasteiger partial charge in [0.2, 0.25) is 0 Å². The molecule has 1 aliphatic carbocycles. The number of hydrogen-bond donors (Lipinski definition) is 1. The summed E-state index contributed by atoms with van der Waals surface area (Å²) in [6, 6.07) is 9.59. The quantitative estimate of drug-likeness (QED) is 0.738. The summed E-state index contributed by atoms with van der Waals surface area (Å²) in [6.45, 7) is 4.39. The number of nitrogens with one attached hydrogen (secondary N) is 1. The zero-order valence-electron chi connectivity index (χ0n) is 12.3. The maximum Gasteiger partial charge on any atom is 0.0483 e. The van der Waals surface area contributed by atoms with Gasteiger partial charge in [0, 0.05) is 36.2 Å². The molecule has 0 radical (unpaired) electrons. The molecule has 2 nitrogen and oxygen atoms in total. The Morgan fingerprint density at radius 1 is 1.30 bits per heavy atom. The second-order valence-electron chi connectivity index (χ2n) is 5.57. The molecule has 1 saturated carbocycles. The van der Waals surface area contributed by atoms with Crippen molar-refractivity contribution in [3.63, 3.8) is 0 Å². The highest BCUT2D eigenvalue weighted by atomic mass is 32.2. The Bertz CT molecular complexity index is 557. The van der Waals surface area contributed by atoms with Crippen molar-refractivity contribution in [1.29, 1.82) is 0 Å². The summed E-state index contributed by atoms with van der Waals surface area (Å²) < 4.78 is 2.44. The predicted octanol–water partition coefficient (Wildman–Crippen LogP) is 4.04. The first-order valence-electron chi connectivity index (χ1n) is 7.76. The molecule has 1 N–H and O–H groups in total. The molecule has 0 saturated heterocycles. The fraction of sp³-hybridized carbons (Fsp3) is 0.529. The lowest BCUT2D eigenvalue weighted by Crippen LogP contribution is -2.14. The number of para-hydroxylation sites is 1. The third kappa shape index (κ3) is 3.39. The van der Waals surface area contributed by atoms with Crippen LogP contribution >= 0.6 is 11.8 Å². The molecule has 1 aromatic heterocycles. The van der Waals surface area contributed by atoms with Gasteiger partial charge in [0.1, 0.15) is 0 Å². The average molecular weight is 288 g/mol. The van der Waals surface area contributed by atoms with Crippen LogP contribution in [0.3, 0.4) is 0 Å². The van der Waals surface area contributed by atoms with Gasteiger partial charge in [0.25, 0.3) is 0 Å². The molecule has 3 heteroatoms. The third-order valence-corrected chi connectivity index (χ3v) is 4.91. The highest BCUT2D eigenvalue weighted by Crippen LogP contribution is 2.24. The Labute approximate surface area is 125 Å².